The molecule has 7 unspecified atom stereocenters. The number of nitrogens with one attached hydrogen (secondary N) is 4. The van der Waals surface area contributed by atoms with Gasteiger partial charge in [-0.15, -0.1) is 0 Å². The number of aromatic amines is 4. The maximum absolute atomic E-state index is 13.2. The van der Waals surface area contributed by atoms with Crippen molar-refractivity contribution < 1.29 is 74.2 Å². The predicted molar refractivity (Wildman–Crippen MR) is 303 cm³/mol. The highest BCUT2D eigenvalue weighted by atomic mass is 32.5. The van der Waals surface area contributed by atoms with Crippen LogP contribution in [0.2, 0.25) is 0 Å². The zero-order valence-corrected chi connectivity index (χ0v) is 51.6. The molecule has 0 bridgehead atoms. The molecular formula is C46H65N8O24P3S3. The summed E-state index contributed by atoms with van der Waals surface area (Å²) in [4.78, 5) is 121. The zero-order chi connectivity index (χ0) is 61.0. The van der Waals surface area contributed by atoms with E-state index in [2.05, 4.69) is 19.9 Å². The van der Waals surface area contributed by atoms with E-state index in [1.165, 1.54) is 87.5 Å². The number of H-pyrrole nitrogens is 4. The van der Waals surface area contributed by atoms with Gasteiger partial charge in [-0.1, -0.05) is 0 Å². The molecule has 0 aliphatic carbocycles. The van der Waals surface area contributed by atoms with Gasteiger partial charge in [-0.2, -0.15) is 0 Å². The summed E-state index contributed by atoms with van der Waals surface area (Å²) in [5, 5.41) is 0. The number of aromatic nitrogens is 8. The van der Waals surface area contributed by atoms with Gasteiger partial charge in [0.25, 0.3) is 22.2 Å². The average molecular weight is 1300 g/mol. The summed E-state index contributed by atoms with van der Waals surface area (Å²) < 4.78 is 95.9. The van der Waals surface area contributed by atoms with Crippen LogP contribution in [0.15, 0.2) is 63.1 Å². The lowest BCUT2D eigenvalue weighted by atomic mass is 10.2. The fourth-order valence-corrected chi connectivity index (χ4v) is 14.4. The Labute approximate surface area is 491 Å². The second-order valence-corrected chi connectivity index (χ2v) is 28.6. The van der Waals surface area contributed by atoms with Crippen molar-refractivity contribution in [3.63, 3.8) is 0 Å². The van der Waals surface area contributed by atoms with Crippen LogP contribution in [0.4, 0.5) is 0 Å². The van der Waals surface area contributed by atoms with E-state index < -0.39 is 159 Å². The van der Waals surface area contributed by atoms with Gasteiger partial charge in [0.05, 0.1) is 64.1 Å². The van der Waals surface area contributed by atoms with E-state index in [-0.39, 0.29) is 67.8 Å². The standard InChI is InChI=1S/C46H65N8O24P3S3/c1-23-15-51(43(59)47-39(23)55)35-11-27(65-6)32(74-35)21-71-80(83,77-29-13-37(73-31(29)19-64-5)53-17-25(3)41(57)49-45(53)61)68-9-10-69-81(84,72-22-33-28(66-7)12-36(75-33)52-16-24(2)40(56)48-44(52)60)78-30-14-38(54-18-26(4)42(58)50-46(54)62)76-34(30)20-70-79(63,82)67-8/h15-18,27-38H,9-14,19-22H2,1-8H3,(H,63,82)(H,47,55,59)(H,48,56,60)(H,49,57,61)(H,50,58,62)/t27?,28?,29?,30?,31-,32-,33+,34-,35-,36+,37-,38-,79?,80?,81?/m1/s1. The summed E-state index contributed by atoms with van der Waals surface area (Å²) in [6.07, 6.45) is -5.98. The van der Waals surface area contributed by atoms with Crippen molar-refractivity contribution in [1.82, 2.24) is 38.2 Å². The molecule has 0 aromatic carbocycles. The normalized spacial score (nSPS) is 28.3. The Balaban J connectivity index is 1.07. The first-order valence-corrected chi connectivity index (χ1v) is 33.6. The lowest BCUT2D eigenvalue weighted by Gasteiger charge is -2.30. The molecule has 0 spiro atoms. The smallest absolute Gasteiger partial charge is 0.330 e. The molecule has 8 rings (SSSR count). The van der Waals surface area contributed by atoms with Crippen LogP contribution in [0.5, 0.6) is 0 Å². The van der Waals surface area contributed by atoms with Gasteiger partial charge in [0, 0.05) is 101 Å². The van der Waals surface area contributed by atoms with Gasteiger partial charge >= 0.3 is 42.9 Å². The largest absolute Gasteiger partial charge is 0.382 e. The van der Waals surface area contributed by atoms with E-state index in [0.29, 0.717) is 0 Å². The van der Waals surface area contributed by atoms with Gasteiger partial charge in [-0.05, 0) is 63.1 Å². The Morgan fingerprint density at radius 1 is 0.464 bits per heavy atom. The number of aryl methyl sites for hydroxylation is 4. The fraction of sp³-hybridized carbons (Fsp3) is 0.652. The molecule has 4 aromatic heterocycles. The maximum atomic E-state index is 13.2. The Hall–Kier alpha value is -3.97. The summed E-state index contributed by atoms with van der Waals surface area (Å²) in [6, 6.07) is 0. The molecule has 84 heavy (non-hydrogen) atoms. The minimum Gasteiger partial charge on any atom is -0.382 e. The van der Waals surface area contributed by atoms with Crippen LogP contribution in [0.1, 0.15) is 72.8 Å². The molecule has 0 saturated carbocycles. The van der Waals surface area contributed by atoms with Gasteiger partial charge in [0.15, 0.2) is 0 Å². The molecule has 8 heterocycles. The van der Waals surface area contributed by atoms with Crippen molar-refractivity contribution in [2.75, 3.05) is 68.1 Å². The van der Waals surface area contributed by atoms with E-state index in [9.17, 15) is 43.2 Å². The van der Waals surface area contributed by atoms with Crippen molar-refractivity contribution in [2.24, 2.45) is 0 Å². The molecule has 4 aromatic rings. The van der Waals surface area contributed by atoms with Crippen molar-refractivity contribution in [2.45, 2.75) is 127 Å². The first-order valence-electron chi connectivity index (χ1n) is 25.9. The van der Waals surface area contributed by atoms with Crippen LogP contribution in [0.3, 0.4) is 0 Å². The number of hydrogen-bond acceptors (Lipinski definition) is 26. The molecular weight excluding hydrogens is 1240 g/mol. The van der Waals surface area contributed by atoms with Gasteiger partial charge in [-0.25, -0.2) is 19.2 Å². The van der Waals surface area contributed by atoms with Crippen LogP contribution in [0.25, 0.3) is 0 Å². The third-order valence-corrected chi connectivity index (χ3v) is 20.5. The summed E-state index contributed by atoms with van der Waals surface area (Å²) in [5.74, 6) is 0. The number of nitrogens with zero attached hydrogens (tertiary/aromatic N) is 4. The number of rotatable bonds is 27. The summed E-state index contributed by atoms with van der Waals surface area (Å²) in [7, 11) is 5.43. The lowest BCUT2D eigenvalue weighted by Crippen LogP contribution is -2.33. The van der Waals surface area contributed by atoms with Crippen LogP contribution in [-0.4, -0.2) is 160 Å². The maximum Gasteiger partial charge on any atom is 0.330 e. The van der Waals surface area contributed by atoms with Crippen LogP contribution in [-0.2, 0) is 105 Å². The molecule has 466 valence electrons. The topological polar surface area (TPSA) is 378 Å². The van der Waals surface area contributed by atoms with E-state index in [1.54, 1.807) is 0 Å². The minimum absolute atomic E-state index is 0.0287. The number of methoxy groups -OCH3 is 3. The molecule has 4 aliphatic heterocycles. The van der Waals surface area contributed by atoms with Crippen molar-refractivity contribution in [1.29, 1.82) is 0 Å². The SMILES string of the molecule is COC[C@H]1O[C@@H](n2cc(C)c(=O)[nH]c2=O)CC1OP(=S)(OCCOP(=S)(OC[C@@H]1O[C@H](n2cc(C)c(=O)[nH]c2=O)CC1OC)OC1C[C@H](n2cc(C)c(=O)[nH]c2=O)O[C@@H]1COP(O)(=S)OC)OC[C@H]1O[C@@H](n2cc(C)c(=O)[nH]c2=O)CC1OC. The Kier molecular flexibility index (Phi) is 22.0. The molecule has 32 nitrogen and oxygen atoms in total. The van der Waals surface area contributed by atoms with E-state index >= 15 is 0 Å². The Morgan fingerprint density at radius 3 is 1.05 bits per heavy atom. The van der Waals surface area contributed by atoms with Crippen LogP contribution >= 0.6 is 20.2 Å². The first-order chi connectivity index (χ1) is 39.7. The highest BCUT2D eigenvalue weighted by Crippen LogP contribution is 2.57. The predicted octanol–water partition coefficient (Wildman–Crippen LogP) is 0.413. The monoisotopic (exact) mass is 1300 g/mol. The third-order valence-electron chi connectivity index (χ3n) is 14.0. The summed E-state index contributed by atoms with van der Waals surface area (Å²) in [5.41, 5.74) is -4.45. The summed E-state index contributed by atoms with van der Waals surface area (Å²) >= 11 is 17.3. The molecule has 4 saturated heterocycles. The van der Waals surface area contributed by atoms with E-state index in [0.717, 1.165) is 11.7 Å². The molecule has 0 radical (unpaired) electrons. The van der Waals surface area contributed by atoms with Gasteiger partial charge in [0.1, 0.15) is 49.3 Å². The number of ether oxygens (including phenoxy) is 7. The second kappa shape index (κ2) is 28.0. The molecule has 5 N–H and O–H groups in total. The molecule has 4 fully saturated rings. The zero-order valence-electron chi connectivity index (χ0n) is 46.5. The average Bonchev–Trinajstić information content (AvgIpc) is 4.18. The van der Waals surface area contributed by atoms with Crippen molar-refractivity contribution >= 4 is 55.6 Å². The first kappa shape index (κ1) is 66.0. The van der Waals surface area contributed by atoms with Gasteiger partial charge in [0.2, 0.25) is 0 Å². The Bertz CT molecular complexity index is 3660. The van der Waals surface area contributed by atoms with Gasteiger partial charge < -0.3 is 74.2 Å². The van der Waals surface area contributed by atoms with Gasteiger partial charge in [-0.3, -0.25) is 57.4 Å². The number of hydrogen-bond donors (Lipinski definition) is 5. The van der Waals surface area contributed by atoms with Crippen LogP contribution in [0, 0.1) is 27.7 Å². The van der Waals surface area contributed by atoms with E-state index in [1.807, 2.05) is 0 Å². The lowest BCUT2D eigenvalue weighted by molar-refractivity contribution is -0.0634. The highest BCUT2D eigenvalue weighted by molar-refractivity contribution is 8.08. The highest BCUT2D eigenvalue weighted by Gasteiger charge is 2.46. The minimum atomic E-state index is -4.18. The van der Waals surface area contributed by atoms with Crippen molar-refractivity contribution in [3.8, 4) is 0 Å². The van der Waals surface area contributed by atoms with E-state index in [4.69, 9.17) is 105 Å². The van der Waals surface area contributed by atoms with Crippen molar-refractivity contribution in [3.05, 3.63) is 130 Å². The Morgan fingerprint density at radius 2 is 0.750 bits per heavy atom. The molecule has 38 heteroatoms. The second-order valence-electron chi connectivity index (χ2n) is 19.8. The molecule has 15 atom stereocenters. The molecule has 4 aliphatic rings. The third kappa shape index (κ3) is 15.8. The fourth-order valence-electron chi connectivity index (χ4n) is 9.54. The molecule has 0 amide bonds. The summed E-state index contributed by atoms with van der Waals surface area (Å²) in [6.45, 7) is -8.22. The quantitative estimate of drug-likeness (QED) is 0.0399. The van der Waals surface area contributed by atoms with Crippen LogP contribution < -0.4 is 45.0 Å².